The molecular weight excluding hydrogens is 393 g/mol. The molecule has 0 aliphatic rings. The molecule has 0 radical (unpaired) electrons. The molecule has 0 spiro atoms. The molecule has 0 atom stereocenters. The van der Waals surface area contributed by atoms with E-state index in [4.69, 9.17) is 9.47 Å². The van der Waals surface area contributed by atoms with Crippen molar-refractivity contribution in [1.29, 1.82) is 0 Å². The molecule has 1 aromatic heterocycles. The first-order valence-electron chi connectivity index (χ1n) is 8.52. The molecule has 0 aliphatic heterocycles. The molecule has 158 valence electrons. The summed E-state index contributed by atoms with van der Waals surface area (Å²) in [4.78, 5) is 15.2. The fraction of sp³-hybridized carbons (Fsp3) is 0.368. The van der Waals surface area contributed by atoms with Crippen LogP contribution in [0.15, 0.2) is 36.4 Å². The van der Waals surface area contributed by atoms with Gasteiger partial charge in [-0.1, -0.05) is 12.1 Å². The van der Waals surface area contributed by atoms with Crippen LogP contribution in [0, 0.1) is 0 Å². The number of aromatic nitrogens is 1. The Morgan fingerprint density at radius 3 is 2.45 bits per heavy atom. The Morgan fingerprint density at radius 1 is 1.17 bits per heavy atom. The van der Waals surface area contributed by atoms with Crippen LogP contribution >= 0.6 is 0 Å². The van der Waals surface area contributed by atoms with Crippen molar-refractivity contribution in [3.63, 3.8) is 0 Å². The Morgan fingerprint density at radius 2 is 1.86 bits per heavy atom. The highest BCUT2D eigenvalue weighted by atomic mass is 19.4. The zero-order valence-corrected chi connectivity index (χ0v) is 15.9. The number of nitrogens with zero attached hydrogens (tertiary/aromatic N) is 1. The largest absolute Gasteiger partial charge is 0.444 e. The van der Waals surface area contributed by atoms with Gasteiger partial charge in [-0.05, 0) is 44.5 Å². The first kappa shape index (κ1) is 22.4. The summed E-state index contributed by atoms with van der Waals surface area (Å²) in [7, 11) is 0. The van der Waals surface area contributed by atoms with Gasteiger partial charge in [0.15, 0.2) is 6.29 Å². The fourth-order valence-corrected chi connectivity index (χ4v) is 2.21. The van der Waals surface area contributed by atoms with Gasteiger partial charge in [0, 0.05) is 18.2 Å². The number of carbonyl (C=O) groups excluding carboxylic acids is 1. The van der Waals surface area contributed by atoms with Gasteiger partial charge in [-0.25, -0.2) is 9.78 Å². The van der Waals surface area contributed by atoms with Crippen molar-refractivity contribution in [3.05, 3.63) is 53.2 Å². The van der Waals surface area contributed by atoms with Crippen LogP contribution in [0.1, 0.15) is 43.9 Å². The second kappa shape index (κ2) is 8.66. The average Bonchev–Trinajstić information content (AvgIpc) is 2.58. The van der Waals surface area contributed by atoms with Gasteiger partial charge in [-0.15, -0.1) is 0 Å². The minimum absolute atomic E-state index is 0.0634. The number of ether oxygens (including phenoxy) is 2. The molecule has 2 aromatic rings. The number of alkyl halides is 3. The molecule has 1 aromatic carbocycles. The molecule has 3 N–H and O–H groups in total. The van der Waals surface area contributed by atoms with Gasteiger partial charge in [0.2, 0.25) is 5.88 Å². The van der Waals surface area contributed by atoms with E-state index in [1.165, 1.54) is 30.3 Å². The monoisotopic (exact) mass is 414 g/mol. The van der Waals surface area contributed by atoms with E-state index in [1.807, 2.05) is 0 Å². The van der Waals surface area contributed by atoms with Crippen LogP contribution in [-0.2, 0) is 17.5 Å². The normalized spacial score (nSPS) is 12.0. The summed E-state index contributed by atoms with van der Waals surface area (Å²) in [5.74, 6) is -0.307. The number of nitrogens with one attached hydrogen (secondary N) is 1. The van der Waals surface area contributed by atoms with Crippen LogP contribution in [0.25, 0.3) is 0 Å². The standard InChI is InChI=1S/C19H21F3N2O5/c1-18(2,3)29-17(27)23-10-11-7-14(19(20,21)22)24-15(8-11)28-13-6-4-5-12(9-13)16(25)26/h4-9,16,25-26H,10H2,1-3H3,(H,23,27). The van der Waals surface area contributed by atoms with Gasteiger partial charge in [0.05, 0.1) is 0 Å². The van der Waals surface area contributed by atoms with Gasteiger partial charge in [-0.3, -0.25) is 0 Å². The third kappa shape index (κ3) is 7.24. The maximum atomic E-state index is 13.2. The molecule has 29 heavy (non-hydrogen) atoms. The number of aliphatic hydroxyl groups excluding tert-OH is 1. The third-order valence-corrected chi connectivity index (χ3v) is 3.37. The Hall–Kier alpha value is -2.85. The summed E-state index contributed by atoms with van der Waals surface area (Å²) in [6.07, 6.45) is -7.28. The molecular formula is C19H21F3N2O5. The fourth-order valence-electron chi connectivity index (χ4n) is 2.21. The molecule has 0 bridgehead atoms. The van der Waals surface area contributed by atoms with Crippen LogP contribution in [-0.4, -0.2) is 26.9 Å². The molecule has 2 rings (SSSR count). The SMILES string of the molecule is CC(C)(C)OC(=O)NCc1cc(Oc2cccc(C(O)O)c2)nc(C(F)(F)F)c1. The zero-order chi connectivity index (χ0) is 21.8. The summed E-state index contributed by atoms with van der Waals surface area (Å²) in [5.41, 5.74) is -1.77. The van der Waals surface area contributed by atoms with Crippen molar-refractivity contribution >= 4 is 6.09 Å². The lowest BCUT2D eigenvalue weighted by Crippen LogP contribution is -2.32. The van der Waals surface area contributed by atoms with E-state index in [1.54, 1.807) is 20.8 Å². The summed E-state index contributed by atoms with van der Waals surface area (Å²) in [6, 6.07) is 7.56. The van der Waals surface area contributed by atoms with Crippen molar-refractivity contribution in [2.75, 3.05) is 0 Å². The number of aliphatic hydroxyl groups is 2. The Bertz CT molecular complexity index is 864. The van der Waals surface area contributed by atoms with Crippen molar-refractivity contribution in [3.8, 4) is 11.6 Å². The van der Waals surface area contributed by atoms with Crippen molar-refractivity contribution < 1.29 is 37.7 Å². The Labute approximate surface area is 165 Å². The summed E-state index contributed by atoms with van der Waals surface area (Å²) in [6.45, 7) is 4.73. The van der Waals surface area contributed by atoms with Gasteiger partial charge in [0.25, 0.3) is 0 Å². The van der Waals surface area contributed by atoms with Gasteiger partial charge >= 0.3 is 12.3 Å². The van der Waals surface area contributed by atoms with Crippen LogP contribution in [0.5, 0.6) is 11.6 Å². The second-order valence-electron chi connectivity index (χ2n) is 7.10. The quantitative estimate of drug-likeness (QED) is 0.642. The number of alkyl carbamates (subject to hydrolysis) is 1. The first-order valence-corrected chi connectivity index (χ1v) is 8.52. The number of carbonyl (C=O) groups is 1. The summed E-state index contributed by atoms with van der Waals surface area (Å²) in [5, 5.41) is 20.8. The molecule has 0 saturated carbocycles. The minimum Gasteiger partial charge on any atom is -0.444 e. The van der Waals surface area contributed by atoms with Gasteiger partial charge in [0.1, 0.15) is 17.0 Å². The molecule has 10 heteroatoms. The lowest BCUT2D eigenvalue weighted by atomic mass is 10.2. The Balaban J connectivity index is 2.25. The number of rotatable bonds is 5. The van der Waals surface area contributed by atoms with Crippen LogP contribution in [0.4, 0.5) is 18.0 Å². The van der Waals surface area contributed by atoms with Crippen molar-refractivity contribution in [2.45, 2.75) is 45.4 Å². The molecule has 0 aliphatic carbocycles. The van der Waals surface area contributed by atoms with Gasteiger partial charge < -0.3 is 25.0 Å². The van der Waals surface area contributed by atoms with E-state index in [-0.39, 0.29) is 29.3 Å². The van der Waals surface area contributed by atoms with E-state index < -0.39 is 29.9 Å². The van der Waals surface area contributed by atoms with E-state index in [2.05, 4.69) is 10.3 Å². The second-order valence-corrected chi connectivity index (χ2v) is 7.10. The average molecular weight is 414 g/mol. The summed E-state index contributed by atoms with van der Waals surface area (Å²) < 4.78 is 50.0. The lowest BCUT2D eigenvalue weighted by molar-refractivity contribution is -0.141. The Kier molecular flexibility index (Phi) is 6.70. The van der Waals surface area contributed by atoms with E-state index >= 15 is 0 Å². The van der Waals surface area contributed by atoms with Gasteiger partial charge in [-0.2, -0.15) is 13.2 Å². The van der Waals surface area contributed by atoms with E-state index in [9.17, 15) is 28.2 Å². The molecule has 0 unspecified atom stereocenters. The van der Waals surface area contributed by atoms with E-state index in [0.717, 1.165) is 6.07 Å². The smallest absolute Gasteiger partial charge is 0.433 e. The van der Waals surface area contributed by atoms with Crippen LogP contribution < -0.4 is 10.1 Å². The molecule has 1 heterocycles. The first-order chi connectivity index (χ1) is 13.3. The molecule has 0 fully saturated rings. The van der Waals surface area contributed by atoms with Crippen molar-refractivity contribution in [2.24, 2.45) is 0 Å². The number of benzene rings is 1. The van der Waals surface area contributed by atoms with Crippen molar-refractivity contribution in [1.82, 2.24) is 10.3 Å². The number of hydrogen-bond acceptors (Lipinski definition) is 6. The van der Waals surface area contributed by atoms with Crippen LogP contribution in [0.2, 0.25) is 0 Å². The topological polar surface area (TPSA) is 101 Å². The summed E-state index contributed by atoms with van der Waals surface area (Å²) >= 11 is 0. The third-order valence-electron chi connectivity index (χ3n) is 3.37. The number of halogens is 3. The maximum Gasteiger partial charge on any atom is 0.433 e. The molecule has 0 saturated heterocycles. The highest BCUT2D eigenvalue weighted by Crippen LogP contribution is 2.31. The minimum atomic E-state index is -4.73. The highest BCUT2D eigenvalue weighted by molar-refractivity contribution is 5.67. The zero-order valence-electron chi connectivity index (χ0n) is 15.9. The number of hydrogen-bond donors (Lipinski definition) is 3. The number of pyridine rings is 1. The predicted molar refractivity (Wildman–Crippen MR) is 96.0 cm³/mol. The molecule has 1 amide bonds. The highest BCUT2D eigenvalue weighted by Gasteiger charge is 2.33. The van der Waals surface area contributed by atoms with E-state index in [0.29, 0.717) is 0 Å². The lowest BCUT2D eigenvalue weighted by Gasteiger charge is -2.20. The predicted octanol–water partition coefficient (Wildman–Crippen LogP) is 3.90. The maximum absolute atomic E-state index is 13.2. The van der Waals surface area contributed by atoms with Crippen LogP contribution in [0.3, 0.4) is 0 Å². The number of amides is 1. The molecule has 7 nitrogen and oxygen atoms in total.